The molecule has 1 saturated heterocycles. The van der Waals surface area contributed by atoms with Gasteiger partial charge in [-0.25, -0.2) is 4.39 Å². The van der Waals surface area contributed by atoms with Crippen molar-refractivity contribution in [3.05, 3.63) is 47.4 Å². The van der Waals surface area contributed by atoms with E-state index >= 15 is 0 Å². The van der Waals surface area contributed by atoms with Crippen molar-refractivity contribution in [3.8, 4) is 0 Å². The summed E-state index contributed by atoms with van der Waals surface area (Å²) >= 11 is 0. The quantitative estimate of drug-likeness (QED) is 0.863. The van der Waals surface area contributed by atoms with Crippen LogP contribution >= 0.6 is 0 Å². The summed E-state index contributed by atoms with van der Waals surface area (Å²) in [4.78, 5) is 4.52. The number of benzene rings is 1. The monoisotopic (exact) mass is 274 g/mol. The maximum Gasteiger partial charge on any atom is 0.237 e. The molecular formula is C15H15FN2O2. The molecule has 1 atom stereocenters. The molecule has 5 heteroatoms. The van der Waals surface area contributed by atoms with E-state index in [0.717, 1.165) is 25.9 Å². The lowest BCUT2D eigenvalue weighted by Gasteiger charge is -2.11. The highest BCUT2D eigenvalue weighted by Crippen LogP contribution is 2.53. The summed E-state index contributed by atoms with van der Waals surface area (Å²) in [6.07, 6.45) is 2.64. The molecule has 1 aliphatic carbocycles. The Bertz CT molecular complexity index is 630. The fourth-order valence-electron chi connectivity index (χ4n) is 2.91. The Morgan fingerprint density at radius 1 is 1.25 bits per heavy atom. The topological polar surface area (TPSA) is 48.2 Å². The molecule has 0 bridgehead atoms. The average Bonchev–Trinajstić information content (AvgIpc) is 2.93. The molecule has 4 nitrogen and oxygen atoms in total. The number of aromatic nitrogens is 2. The lowest BCUT2D eigenvalue weighted by molar-refractivity contribution is 0.192. The minimum atomic E-state index is -0.407. The van der Waals surface area contributed by atoms with Crippen molar-refractivity contribution in [2.75, 3.05) is 13.2 Å². The van der Waals surface area contributed by atoms with Gasteiger partial charge in [-0.1, -0.05) is 23.4 Å². The fourth-order valence-corrected chi connectivity index (χ4v) is 2.91. The van der Waals surface area contributed by atoms with Gasteiger partial charge >= 0.3 is 0 Å². The largest absolute Gasteiger partial charge is 0.381 e. The van der Waals surface area contributed by atoms with Crippen LogP contribution in [0.4, 0.5) is 4.39 Å². The van der Waals surface area contributed by atoms with Crippen LogP contribution in [0.3, 0.4) is 0 Å². The maximum atomic E-state index is 14.0. The number of ether oxygens (including phenoxy) is 1. The molecule has 0 spiro atoms. The van der Waals surface area contributed by atoms with Gasteiger partial charge in [0.1, 0.15) is 5.82 Å². The molecule has 4 rings (SSSR count). The second kappa shape index (κ2) is 4.38. The first-order valence-electron chi connectivity index (χ1n) is 6.96. The van der Waals surface area contributed by atoms with E-state index in [1.807, 2.05) is 12.1 Å². The second-order valence-corrected chi connectivity index (χ2v) is 5.58. The first-order chi connectivity index (χ1) is 9.79. The van der Waals surface area contributed by atoms with E-state index in [1.54, 1.807) is 6.07 Å². The van der Waals surface area contributed by atoms with Gasteiger partial charge in [-0.15, -0.1) is 0 Å². The number of hydrogen-bond acceptors (Lipinski definition) is 4. The molecule has 1 aliphatic heterocycles. The van der Waals surface area contributed by atoms with Crippen molar-refractivity contribution >= 4 is 0 Å². The highest BCUT2D eigenvalue weighted by Gasteiger charge is 2.52. The molecule has 0 N–H and O–H groups in total. The molecule has 2 heterocycles. The van der Waals surface area contributed by atoms with Crippen LogP contribution in [0.1, 0.15) is 42.5 Å². The first-order valence-corrected chi connectivity index (χ1v) is 6.96. The van der Waals surface area contributed by atoms with Gasteiger partial charge in [0.25, 0.3) is 0 Å². The number of halogens is 1. The Morgan fingerprint density at radius 3 is 2.80 bits per heavy atom. The fraction of sp³-hybridized carbons (Fsp3) is 0.467. The van der Waals surface area contributed by atoms with E-state index in [-0.39, 0.29) is 11.7 Å². The third-order valence-corrected chi connectivity index (χ3v) is 4.29. The lowest BCUT2D eigenvalue weighted by Crippen LogP contribution is -2.12. The van der Waals surface area contributed by atoms with Crippen LogP contribution in [0, 0.1) is 5.82 Å². The highest BCUT2D eigenvalue weighted by molar-refractivity contribution is 5.39. The first kappa shape index (κ1) is 12.0. The lowest BCUT2D eigenvalue weighted by atomic mass is 9.95. The van der Waals surface area contributed by atoms with Gasteiger partial charge < -0.3 is 9.26 Å². The van der Waals surface area contributed by atoms with Crippen LogP contribution in [-0.4, -0.2) is 23.4 Å². The van der Waals surface area contributed by atoms with Crippen molar-refractivity contribution in [2.45, 2.75) is 30.6 Å². The number of rotatable bonds is 3. The SMILES string of the molecule is Fc1ccccc1C1(c2nc(C3CCOC3)no2)CC1. The summed E-state index contributed by atoms with van der Waals surface area (Å²) in [5.41, 5.74) is 0.258. The van der Waals surface area contributed by atoms with Crippen LogP contribution in [0.15, 0.2) is 28.8 Å². The minimum absolute atomic E-state index is 0.200. The molecule has 0 radical (unpaired) electrons. The van der Waals surface area contributed by atoms with Crippen molar-refractivity contribution in [2.24, 2.45) is 0 Å². The predicted molar refractivity (Wildman–Crippen MR) is 68.9 cm³/mol. The van der Waals surface area contributed by atoms with Gasteiger partial charge in [-0.2, -0.15) is 4.98 Å². The molecular weight excluding hydrogens is 259 g/mol. The molecule has 1 aromatic heterocycles. The third-order valence-electron chi connectivity index (χ3n) is 4.29. The van der Waals surface area contributed by atoms with Crippen LogP contribution in [0.25, 0.3) is 0 Å². The Morgan fingerprint density at radius 2 is 2.10 bits per heavy atom. The molecule has 2 fully saturated rings. The molecule has 2 aliphatic rings. The Balaban J connectivity index is 1.69. The van der Waals surface area contributed by atoms with Crippen LogP contribution in [0.5, 0.6) is 0 Å². The number of hydrogen-bond donors (Lipinski definition) is 0. The molecule has 1 saturated carbocycles. The Hall–Kier alpha value is -1.75. The summed E-state index contributed by atoms with van der Waals surface area (Å²) < 4.78 is 24.8. The maximum absolute atomic E-state index is 14.0. The van der Waals surface area contributed by atoms with Crippen molar-refractivity contribution < 1.29 is 13.7 Å². The van der Waals surface area contributed by atoms with Gasteiger partial charge in [0.15, 0.2) is 5.82 Å². The van der Waals surface area contributed by atoms with E-state index in [4.69, 9.17) is 9.26 Å². The van der Waals surface area contributed by atoms with Crippen LogP contribution < -0.4 is 0 Å². The molecule has 2 aromatic rings. The van der Waals surface area contributed by atoms with E-state index in [2.05, 4.69) is 10.1 Å². The van der Waals surface area contributed by atoms with Crippen molar-refractivity contribution in [3.63, 3.8) is 0 Å². The normalized spacial score (nSPS) is 23.9. The summed E-state index contributed by atoms with van der Waals surface area (Å²) in [6, 6.07) is 6.84. The average molecular weight is 274 g/mol. The number of nitrogens with zero attached hydrogens (tertiary/aromatic N) is 2. The highest BCUT2D eigenvalue weighted by atomic mass is 19.1. The zero-order valence-corrected chi connectivity index (χ0v) is 11.0. The van der Waals surface area contributed by atoms with E-state index in [0.29, 0.717) is 23.9 Å². The van der Waals surface area contributed by atoms with Gasteiger partial charge in [0, 0.05) is 18.1 Å². The minimum Gasteiger partial charge on any atom is -0.381 e. The molecule has 1 aromatic carbocycles. The summed E-state index contributed by atoms with van der Waals surface area (Å²) in [7, 11) is 0. The molecule has 20 heavy (non-hydrogen) atoms. The van der Waals surface area contributed by atoms with E-state index in [9.17, 15) is 4.39 Å². The van der Waals surface area contributed by atoms with Crippen LogP contribution in [-0.2, 0) is 10.2 Å². The summed E-state index contributed by atoms with van der Waals surface area (Å²) in [5, 5.41) is 4.07. The molecule has 1 unspecified atom stereocenters. The summed E-state index contributed by atoms with van der Waals surface area (Å²) in [6.45, 7) is 1.39. The van der Waals surface area contributed by atoms with Gasteiger partial charge in [-0.3, -0.25) is 0 Å². The van der Waals surface area contributed by atoms with E-state index in [1.165, 1.54) is 6.07 Å². The van der Waals surface area contributed by atoms with E-state index < -0.39 is 5.41 Å². The van der Waals surface area contributed by atoms with Gasteiger partial charge in [-0.05, 0) is 25.3 Å². The van der Waals surface area contributed by atoms with Gasteiger partial charge in [0.2, 0.25) is 5.89 Å². The standard InChI is InChI=1S/C15H15FN2O2/c16-12-4-2-1-3-11(12)15(6-7-15)14-17-13(18-20-14)10-5-8-19-9-10/h1-4,10H,5-9H2. The zero-order chi connectivity index (χ0) is 13.6. The third kappa shape index (κ3) is 1.77. The van der Waals surface area contributed by atoms with Crippen molar-refractivity contribution in [1.29, 1.82) is 0 Å². The van der Waals surface area contributed by atoms with Crippen molar-refractivity contribution in [1.82, 2.24) is 10.1 Å². The smallest absolute Gasteiger partial charge is 0.237 e. The predicted octanol–water partition coefficient (Wildman–Crippen LogP) is 2.79. The van der Waals surface area contributed by atoms with Gasteiger partial charge in [0.05, 0.1) is 12.0 Å². The zero-order valence-electron chi connectivity index (χ0n) is 11.0. The Labute approximate surface area is 115 Å². The van der Waals surface area contributed by atoms with Crippen LogP contribution in [0.2, 0.25) is 0 Å². The molecule has 104 valence electrons. The second-order valence-electron chi connectivity index (χ2n) is 5.58. The summed E-state index contributed by atoms with van der Waals surface area (Å²) in [5.74, 6) is 1.25. The molecule has 0 amide bonds. The Kier molecular flexibility index (Phi) is 2.63.